The van der Waals surface area contributed by atoms with Crippen LogP contribution in [0.5, 0.6) is 0 Å². The maximum Gasteiger partial charge on any atom is 0.244 e. The Morgan fingerprint density at radius 2 is 2.18 bits per heavy atom. The molecule has 1 unspecified atom stereocenters. The van der Waals surface area contributed by atoms with Crippen LogP contribution in [0.2, 0.25) is 0 Å². The monoisotopic (exact) mass is 234 g/mol. The van der Waals surface area contributed by atoms with Crippen LogP contribution in [0.15, 0.2) is 24.3 Å². The third-order valence-electron chi connectivity index (χ3n) is 3.69. The summed E-state index contributed by atoms with van der Waals surface area (Å²) < 4.78 is 13.8. The Morgan fingerprint density at radius 3 is 2.76 bits per heavy atom. The summed E-state index contributed by atoms with van der Waals surface area (Å²) in [6.45, 7) is 2.53. The first-order valence-corrected chi connectivity index (χ1v) is 6.01. The first-order chi connectivity index (χ1) is 8.18. The van der Waals surface area contributed by atoms with Crippen LogP contribution in [0.4, 0.5) is 4.39 Å². The predicted molar refractivity (Wildman–Crippen MR) is 61.6 cm³/mol. The van der Waals surface area contributed by atoms with Crippen molar-refractivity contribution in [1.29, 1.82) is 0 Å². The summed E-state index contributed by atoms with van der Waals surface area (Å²) in [5, 5.41) is 3.29. The van der Waals surface area contributed by atoms with E-state index < -0.39 is 0 Å². The number of hydrogen-bond acceptors (Lipinski definition) is 2. The molecule has 1 aromatic carbocycles. The third-order valence-corrected chi connectivity index (χ3v) is 3.69. The highest BCUT2D eigenvalue weighted by Crippen LogP contribution is 2.45. The lowest BCUT2D eigenvalue weighted by atomic mass is 10.1. The second-order valence-electron chi connectivity index (χ2n) is 4.74. The van der Waals surface area contributed by atoms with E-state index in [1.54, 1.807) is 23.1 Å². The molecule has 0 aromatic heterocycles. The Kier molecular flexibility index (Phi) is 2.23. The van der Waals surface area contributed by atoms with Gasteiger partial charge in [-0.2, -0.15) is 0 Å². The van der Waals surface area contributed by atoms with Crippen LogP contribution >= 0.6 is 0 Å². The Labute approximate surface area is 99.6 Å². The van der Waals surface area contributed by atoms with Crippen molar-refractivity contribution >= 4 is 5.91 Å². The topological polar surface area (TPSA) is 32.3 Å². The minimum atomic E-state index is -0.386. The van der Waals surface area contributed by atoms with Crippen LogP contribution in [0.3, 0.4) is 0 Å². The van der Waals surface area contributed by atoms with Crippen LogP contribution in [-0.2, 0) is 4.79 Å². The minimum absolute atomic E-state index is 0.119. The van der Waals surface area contributed by atoms with Gasteiger partial charge in [-0.25, -0.2) is 4.39 Å². The molecule has 1 spiro atoms. The number of amides is 1. The quantitative estimate of drug-likeness (QED) is 0.846. The van der Waals surface area contributed by atoms with Gasteiger partial charge in [0.05, 0.1) is 0 Å². The zero-order valence-corrected chi connectivity index (χ0v) is 9.74. The Morgan fingerprint density at radius 1 is 1.47 bits per heavy atom. The standard InChI is InChI=1S/C13H15FN2O/c1-2-16-11(9-5-3-4-6-10(9)14)15-13(7-8-13)12(16)17/h3-6,11,15H,2,7-8H2,1H3. The number of hydrogen-bond donors (Lipinski definition) is 1. The SMILES string of the molecule is CCN1C(=O)C2(CC2)NC1c1ccccc1F. The van der Waals surface area contributed by atoms with Crippen LogP contribution in [0.25, 0.3) is 0 Å². The molecule has 1 aromatic rings. The lowest BCUT2D eigenvalue weighted by molar-refractivity contribution is -0.130. The van der Waals surface area contributed by atoms with Crippen molar-refractivity contribution in [2.45, 2.75) is 31.5 Å². The van der Waals surface area contributed by atoms with Gasteiger partial charge in [-0.1, -0.05) is 18.2 Å². The van der Waals surface area contributed by atoms with Crippen molar-refractivity contribution in [3.63, 3.8) is 0 Å². The number of carbonyl (C=O) groups is 1. The van der Waals surface area contributed by atoms with Crippen molar-refractivity contribution in [2.24, 2.45) is 0 Å². The summed E-state index contributed by atoms with van der Waals surface area (Å²) in [6.07, 6.45) is 1.43. The van der Waals surface area contributed by atoms with Crippen LogP contribution in [0.1, 0.15) is 31.5 Å². The van der Waals surface area contributed by atoms with Crippen LogP contribution < -0.4 is 5.32 Å². The average Bonchev–Trinajstić information content (AvgIpc) is 3.04. The fourth-order valence-corrected chi connectivity index (χ4v) is 2.55. The summed E-state index contributed by atoms with van der Waals surface area (Å²) in [7, 11) is 0. The number of benzene rings is 1. The van der Waals surface area contributed by atoms with E-state index in [9.17, 15) is 9.18 Å². The summed E-state index contributed by atoms with van der Waals surface area (Å²) in [4.78, 5) is 13.9. The van der Waals surface area contributed by atoms with Crippen LogP contribution in [0, 0.1) is 5.82 Å². The van der Waals surface area contributed by atoms with Gasteiger partial charge in [-0.3, -0.25) is 10.1 Å². The number of halogens is 1. The van der Waals surface area contributed by atoms with Crippen molar-refractivity contribution in [3.8, 4) is 0 Å². The van der Waals surface area contributed by atoms with E-state index in [-0.39, 0.29) is 23.4 Å². The van der Waals surface area contributed by atoms with E-state index in [4.69, 9.17) is 0 Å². The summed E-state index contributed by atoms with van der Waals surface area (Å²) in [5.74, 6) is -0.137. The van der Waals surface area contributed by atoms with Gasteiger partial charge >= 0.3 is 0 Å². The molecule has 1 saturated carbocycles. The zero-order chi connectivity index (χ0) is 12.0. The fraction of sp³-hybridized carbons (Fsp3) is 0.462. The lowest BCUT2D eigenvalue weighted by Crippen LogP contribution is -2.32. The lowest BCUT2D eigenvalue weighted by Gasteiger charge is -2.23. The Balaban J connectivity index is 1.98. The van der Waals surface area contributed by atoms with Crippen LogP contribution in [-0.4, -0.2) is 22.9 Å². The van der Waals surface area contributed by atoms with Gasteiger partial charge in [0.15, 0.2) is 0 Å². The number of nitrogens with zero attached hydrogens (tertiary/aromatic N) is 1. The zero-order valence-electron chi connectivity index (χ0n) is 9.74. The molecule has 1 amide bonds. The van der Waals surface area contributed by atoms with Crippen molar-refractivity contribution < 1.29 is 9.18 Å². The highest BCUT2D eigenvalue weighted by Gasteiger charge is 2.59. The van der Waals surface area contributed by atoms with E-state index in [0.717, 1.165) is 12.8 Å². The highest BCUT2D eigenvalue weighted by atomic mass is 19.1. The molecule has 0 bridgehead atoms. The van der Waals surface area contributed by atoms with Crippen molar-refractivity contribution in [3.05, 3.63) is 35.6 Å². The maximum absolute atomic E-state index is 13.8. The molecule has 1 N–H and O–H groups in total. The molecule has 90 valence electrons. The van der Waals surface area contributed by atoms with E-state index in [1.165, 1.54) is 6.07 Å². The molecule has 2 aliphatic rings. The molecule has 3 rings (SSSR count). The first kappa shape index (κ1) is 10.7. The molecule has 0 radical (unpaired) electrons. The molecule has 1 aliphatic heterocycles. The van der Waals surface area contributed by atoms with E-state index in [2.05, 4.69) is 5.32 Å². The number of likely N-dealkylation sites (N-methyl/N-ethyl adjacent to an activating group) is 1. The largest absolute Gasteiger partial charge is 0.321 e. The molecular formula is C13H15FN2O. The number of rotatable bonds is 2. The third kappa shape index (κ3) is 1.47. The molecule has 2 fully saturated rings. The molecule has 4 heteroatoms. The molecular weight excluding hydrogens is 219 g/mol. The predicted octanol–water partition coefficient (Wildman–Crippen LogP) is 1.81. The average molecular weight is 234 g/mol. The van der Waals surface area contributed by atoms with Crippen molar-refractivity contribution in [2.75, 3.05) is 6.54 Å². The van der Waals surface area contributed by atoms with Gasteiger partial charge in [-0.05, 0) is 25.8 Å². The van der Waals surface area contributed by atoms with Gasteiger partial charge in [0.2, 0.25) is 5.91 Å². The van der Waals surface area contributed by atoms with Gasteiger partial charge in [0.25, 0.3) is 0 Å². The maximum atomic E-state index is 13.8. The minimum Gasteiger partial charge on any atom is -0.321 e. The number of nitrogens with one attached hydrogen (secondary N) is 1. The fourth-order valence-electron chi connectivity index (χ4n) is 2.55. The first-order valence-electron chi connectivity index (χ1n) is 6.01. The van der Waals surface area contributed by atoms with Crippen molar-refractivity contribution in [1.82, 2.24) is 10.2 Å². The summed E-state index contributed by atoms with van der Waals surface area (Å²) >= 11 is 0. The smallest absolute Gasteiger partial charge is 0.244 e. The van der Waals surface area contributed by atoms with E-state index in [1.807, 2.05) is 6.92 Å². The highest BCUT2D eigenvalue weighted by molar-refractivity contribution is 5.92. The van der Waals surface area contributed by atoms with Gasteiger partial charge < -0.3 is 4.90 Å². The van der Waals surface area contributed by atoms with Gasteiger partial charge in [0, 0.05) is 12.1 Å². The van der Waals surface area contributed by atoms with Gasteiger partial charge in [0.1, 0.15) is 17.5 Å². The molecule has 1 saturated heterocycles. The molecule has 1 heterocycles. The molecule has 17 heavy (non-hydrogen) atoms. The second kappa shape index (κ2) is 3.53. The Hall–Kier alpha value is -1.42. The Bertz CT molecular complexity index is 470. The van der Waals surface area contributed by atoms with E-state index >= 15 is 0 Å². The normalized spacial score (nSPS) is 25.6. The van der Waals surface area contributed by atoms with E-state index in [0.29, 0.717) is 12.1 Å². The summed E-state index contributed by atoms with van der Waals surface area (Å²) in [5.41, 5.74) is 0.176. The van der Waals surface area contributed by atoms with Gasteiger partial charge in [-0.15, -0.1) is 0 Å². The molecule has 1 aliphatic carbocycles. The molecule has 3 nitrogen and oxygen atoms in total. The second-order valence-corrected chi connectivity index (χ2v) is 4.74. The number of carbonyl (C=O) groups excluding carboxylic acids is 1. The molecule has 1 atom stereocenters. The summed E-state index contributed by atoms with van der Waals surface area (Å²) in [6, 6.07) is 6.65.